The average molecular weight is 508 g/mol. The Morgan fingerprint density at radius 3 is 2.37 bits per heavy atom. The molecule has 0 spiro atoms. The van der Waals surface area contributed by atoms with Gasteiger partial charge in [-0.25, -0.2) is 0 Å². The van der Waals surface area contributed by atoms with E-state index in [4.69, 9.17) is 22.1 Å². The summed E-state index contributed by atoms with van der Waals surface area (Å²) in [7, 11) is 0. The molecule has 0 saturated carbocycles. The lowest BCUT2D eigenvalue weighted by atomic mass is 9.76. The van der Waals surface area contributed by atoms with Crippen LogP contribution < -0.4 is 10.6 Å². The minimum atomic E-state index is -0.639. The maximum absolute atomic E-state index is 12.6. The van der Waals surface area contributed by atoms with Crippen LogP contribution >= 0.6 is 11.6 Å². The number of ketones is 1. The summed E-state index contributed by atoms with van der Waals surface area (Å²) in [6.07, 6.45) is 7.25. The molecule has 0 radical (unpaired) electrons. The lowest BCUT2D eigenvalue weighted by molar-refractivity contribution is -0.149. The van der Waals surface area contributed by atoms with Crippen LogP contribution in [0.1, 0.15) is 79.6 Å². The number of unbranched alkanes of at least 4 members (excludes halogenated alkanes) is 1. The number of benzene rings is 1. The molecule has 2 heterocycles. The summed E-state index contributed by atoms with van der Waals surface area (Å²) in [5, 5.41) is 0.793. The first-order valence-electron chi connectivity index (χ1n) is 13.2. The number of hydrogen-bond donors (Lipinski definition) is 1. The van der Waals surface area contributed by atoms with Crippen LogP contribution in [0.25, 0.3) is 0 Å². The molecule has 2 aliphatic rings. The maximum atomic E-state index is 12.6. The van der Waals surface area contributed by atoms with E-state index in [2.05, 4.69) is 29.7 Å². The fourth-order valence-corrected chi connectivity index (χ4v) is 4.94. The Bertz CT molecular complexity index is 818. The number of esters is 1. The highest BCUT2D eigenvalue weighted by Gasteiger charge is 2.47. The van der Waals surface area contributed by atoms with Crippen LogP contribution in [0, 0.1) is 5.41 Å². The van der Waals surface area contributed by atoms with Crippen molar-refractivity contribution < 1.29 is 14.3 Å². The predicted octanol–water partition coefficient (Wildman–Crippen LogP) is 5.46. The zero-order valence-electron chi connectivity index (χ0n) is 22.4. The first-order valence-corrected chi connectivity index (χ1v) is 13.6. The van der Waals surface area contributed by atoms with Crippen molar-refractivity contribution in [3.05, 3.63) is 29.3 Å². The van der Waals surface area contributed by atoms with Crippen molar-refractivity contribution in [2.24, 2.45) is 11.1 Å². The molecule has 2 saturated heterocycles. The van der Waals surface area contributed by atoms with Gasteiger partial charge in [0.15, 0.2) is 0 Å². The molecule has 7 heteroatoms. The van der Waals surface area contributed by atoms with Gasteiger partial charge < -0.3 is 15.4 Å². The summed E-state index contributed by atoms with van der Waals surface area (Å²) in [6.45, 7) is 14.4. The molecule has 2 fully saturated rings. The Balaban J connectivity index is 0.000000540. The van der Waals surface area contributed by atoms with E-state index in [0.717, 1.165) is 82.7 Å². The van der Waals surface area contributed by atoms with Crippen molar-refractivity contribution in [1.29, 1.82) is 0 Å². The van der Waals surface area contributed by atoms with E-state index in [-0.39, 0.29) is 23.3 Å². The zero-order valence-corrected chi connectivity index (χ0v) is 23.2. The van der Waals surface area contributed by atoms with Gasteiger partial charge in [0, 0.05) is 49.9 Å². The second-order valence-electron chi connectivity index (χ2n) is 10.7. The average Bonchev–Trinajstić information content (AvgIpc) is 3.12. The third kappa shape index (κ3) is 9.07. The number of nitrogens with zero attached hydrogens (tertiary/aromatic N) is 2. The fourth-order valence-electron chi connectivity index (χ4n) is 4.75. The van der Waals surface area contributed by atoms with Crippen molar-refractivity contribution in [3.8, 4) is 0 Å². The van der Waals surface area contributed by atoms with Crippen molar-refractivity contribution in [2.45, 2.75) is 91.2 Å². The number of piperazine rings is 1. The van der Waals surface area contributed by atoms with Gasteiger partial charge in [0.2, 0.25) is 0 Å². The minimum absolute atomic E-state index is 0.0208. The van der Waals surface area contributed by atoms with Crippen molar-refractivity contribution in [2.75, 3.05) is 37.6 Å². The largest absolute Gasteiger partial charge is 0.462 e. The van der Waals surface area contributed by atoms with Gasteiger partial charge in [0.1, 0.15) is 11.9 Å². The first kappa shape index (κ1) is 29.6. The molecule has 1 aromatic carbocycles. The number of cyclic esters (lactones) is 1. The molecule has 0 amide bonds. The number of carbonyl (C=O) groups is 2. The van der Waals surface area contributed by atoms with E-state index in [9.17, 15) is 9.59 Å². The molecule has 0 aliphatic carbocycles. The Labute approximate surface area is 217 Å². The van der Waals surface area contributed by atoms with Crippen LogP contribution in [0.15, 0.2) is 24.3 Å². The first-order chi connectivity index (χ1) is 16.5. The SMILES string of the molecule is CC(=O)C(C)(C)N.CCCCC1(CCC)CC(CCN2CCN(c3cccc(Cl)c3)CC2)OC1=O. The van der Waals surface area contributed by atoms with E-state index in [1.807, 2.05) is 18.2 Å². The molecule has 6 nitrogen and oxygen atoms in total. The molecule has 1 aromatic rings. The van der Waals surface area contributed by atoms with E-state index in [0.29, 0.717) is 0 Å². The van der Waals surface area contributed by atoms with E-state index in [1.165, 1.54) is 12.6 Å². The number of carbonyl (C=O) groups excluding carboxylic acids is 2. The Kier molecular flexibility index (Phi) is 11.5. The second kappa shape index (κ2) is 13.6. The van der Waals surface area contributed by atoms with E-state index < -0.39 is 5.54 Å². The van der Waals surface area contributed by atoms with Crippen LogP contribution in [-0.2, 0) is 14.3 Å². The summed E-state index contributed by atoms with van der Waals surface area (Å²) in [6, 6.07) is 8.10. The lowest BCUT2D eigenvalue weighted by Gasteiger charge is -2.36. The van der Waals surface area contributed by atoms with E-state index >= 15 is 0 Å². The monoisotopic (exact) mass is 507 g/mol. The molecule has 2 N–H and O–H groups in total. The molecule has 198 valence electrons. The smallest absolute Gasteiger partial charge is 0.312 e. The number of rotatable bonds is 10. The highest BCUT2D eigenvalue weighted by Crippen LogP contribution is 2.43. The summed E-state index contributed by atoms with van der Waals surface area (Å²) < 4.78 is 5.83. The Hall–Kier alpha value is -1.63. The molecule has 2 aliphatic heterocycles. The molecule has 35 heavy (non-hydrogen) atoms. The third-order valence-corrected chi connectivity index (χ3v) is 7.52. The molecule has 0 bridgehead atoms. The van der Waals surface area contributed by atoms with Gasteiger partial charge in [-0.05, 0) is 58.2 Å². The fraction of sp³-hybridized carbons (Fsp3) is 0.714. The van der Waals surface area contributed by atoms with Crippen molar-refractivity contribution in [3.63, 3.8) is 0 Å². The summed E-state index contributed by atoms with van der Waals surface area (Å²) in [5.74, 6) is 0.0890. The minimum Gasteiger partial charge on any atom is -0.462 e. The number of nitrogens with two attached hydrogens (primary N) is 1. The normalized spacial score (nSPS) is 23.0. The topological polar surface area (TPSA) is 75.9 Å². The Morgan fingerprint density at radius 1 is 1.17 bits per heavy atom. The zero-order chi connectivity index (χ0) is 26.1. The number of ether oxygens (including phenoxy) is 1. The summed E-state index contributed by atoms with van der Waals surface area (Å²) in [5.41, 5.74) is 5.69. The third-order valence-electron chi connectivity index (χ3n) is 7.28. The van der Waals surface area contributed by atoms with E-state index in [1.54, 1.807) is 13.8 Å². The molecular weight excluding hydrogens is 462 g/mol. The number of Topliss-reactive ketones (excluding diaryl/α,β-unsaturated/α-hetero) is 1. The standard InChI is InChI=1S/C23H35ClN2O2.C5H11NO/c1-3-5-11-23(10-4-2)18-21(28-22(23)27)9-12-25-13-15-26(16-14-25)20-8-6-7-19(24)17-20;1-4(7)5(2,3)6/h6-8,17,21H,3-5,9-16,18H2,1-2H3;6H2,1-3H3. The quantitative estimate of drug-likeness (QED) is 0.424. The van der Waals surface area contributed by atoms with Gasteiger partial charge in [0.25, 0.3) is 0 Å². The van der Waals surface area contributed by atoms with Gasteiger partial charge in [0.05, 0.1) is 11.0 Å². The van der Waals surface area contributed by atoms with Crippen LogP contribution in [0.5, 0.6) is 0 Å². The maximum Gasteiger partial charge on any atom is 0.312 e. The highest BCUT2D eigenvalue weighted by atomic mass is 35.5. The Morgan fingerprint density at radius 2 is 1.83 bits per heavy atom. The van der Waals surface area contributed by atoms with Crippen LogP contribution in [0.2, 0.25) is 5.02 Å². The summed E-state index contributed by atoms with van der Waals surface area (Å²) >= 11 is 6.13. The molecule has 2 atom stereocenters. The van der Waals surface area contributed by atoms with Gasteiger partial charge in [-0.1, -0.05) is 50.8 Å². The lowest BCUT2D eigenvalue weighted by Crippen LogP contribution is -2.47. The number of anilines is 1. The van der Waals surface area contributed by atoms with Crippen LogP contribution in [-0.4, -0.2) is 61.0 Å². The second-order valence-corrected chi connectivity index (χ2v) is 11.2. The molecular formula is C28H46ClN3O3. The van der Waals surface area contributed by atoms with Gasteiger partial charge in [-0.2, -0.15) is 0 Å². The summed E-state index contributed by atoms with van der Waals surface area (Å²) in [4.78, 5) is 27.9. The van der Waals surface area contributed by atoms with Gasteiger partial charge in [-0.15, -0.1) is 0 Å². The van der Waals surface area contributed by atoms with Gasteiger partial charge >= 0.3 is 5.97 Å². The van der Waals surface area contributed by atoms with Crippen LogP contribution in [0.3, 0.4) is 0 Å². The van der Waals surface area contributed by atoms with Crippen molar-refractivity contribution >= 4 is 29.0 Å². The predicted molar refractivity (Wildman–Crippen MR) is 145 cm³/mol. The molecule has 0 aromatic heterocycles. The van der Waals surface area contributed by atoms with Crippen molar-refractivity contribution in [1.82, 2.24) is 4.90 Å². The van der Waals surface area contributed by atoms with Crippen LogP contribution in [0.4, 0.5) is 5.69 Å². The number of hydrogen-bond acceptors (Lipinski definition) is 6. The molecule has 2 unspecified atom stereocenters. The number of halogens is 1. The highest BCUT2D eigenvalue weighted by molar-refractivity contribution is 6.30. The van der Waals surface area contributed by atoms with Gasteiger partial charge in [-0.3, -0.25) is 14.5 Å². The molecule has 3 rings (SSSR count).